The van der Waals surface area contributed by atoms with E-state index < -0.39 is 0 Å². The van der Waals surface area contributed by atoms with Crippen molar-refractivity contribution >= 4 is 11.8 Å². The molecular weight excluding hydrogens is 318 g/mol. The lowest BCUT2D eigenvalue weighted by atomic mass is 10.0. The summed E-state index contributed by atoms with van der Waals surface area (Å²) in [5.41, 5.74) is 3.59. The first-order valence-corrected chi connectivity index (χ1v) is 8.45. The number of aromatic nitrogens is 3. The van der Waals surface area contributed by atoms with Crippen molar-refractivity contribution in [1.82, 2.24) is 25.6 Å². The normalized spacial score (nSPS) is 16.5. The molecule has 0 saturated carbocycles. The van der Waals surface area contributed by atoms with Crippen LogP contribution in [0.15, 0.2) is 18.2 Å². The number of hydrogen-bond donors (Lipinski definition) is 2. The predicted octanol–water partition coefficient (Wildman–Crippen LogP) is 1.59. The van der Waals surface area contributed by atoms with Crippen molar-refractivity contribution in [3.05, 3.63) is 46.3 Å². The Kier molecular flexibility index (Phi) is 4.57. The summed E-state index contributed by atoms with van der Waals surface area (Å²) in [5.74, 6) is -0.407. The minimum atomic E-state index is -0.389. The molecule has 2 N–H and O–H groups in total. The Hall–Kier alpha value is -2.70. The molecule has 1 aliphatic rings. The first-order chi connectivity index (χ1) is 11.9. The van der Waals surface area contributed by atoms with Crippen molar-refractivity contribution < 1.29 is 9.59 Å². The quantitative estimate of drug-likeness (QED) is 0.884. The summed E-state index contributed by atoms with van der Waals surface area (Å²) >= 11 is 0. The standard InChI is InChI=1S/C18H23N5O2/c1-10(2)14-9-23-16(18(25)20-14)15(21-22-23)17(24)19-8-13-7-11(3)5-6-12(13)4/h5-7,10,14H,8-9H2,1-4H3,(H,19,24)(H,20,25). The zero-order chi connectivity index (χ0) is 18.1. The van der Waals surface area contributed by atoms with Crippen LogP contribution in [0.1, 0.15) is 51.5 Å². The van der Waals surface area contributed by atoms with E-state index >= 15 is 0 Å². The van der Waals surface area contributed by atoms with Crippen LogP contribution in [0.5, 0.6) is 0 Å². The molecule has 132 valence electrons. The minimum Gasteiger partial charge on any atom is -0.346 e. The Labute approximate surface area is 146 Å². The van der Waals surface area contributed by atoms with E-state index in [2.05, 4.69) is 20.9 Å². The van der Waals surface area contributed by atoms with Crippen molar-refractivity contribution in [3.63, 3.8) is 0 Å². The van der Waals surface area contributed by atoms with Gasteiger partial charge in [-0.3, -0.25) is 9.59 Å². The molecule has 0 aliphatic carbocycles. The van der Waals surface area contributed by atoms with Crippen LogP contribution in [0, 0.1) is 19.8 Å². The van der Waals surface area contributed by atoms with Gasteiger partial charge in [-0.1, -0.05) is 42.8 Å². The number of amides is 2. The maximum Gasteiger partial charge on any atom is 0.274 e. The van der Waals surface area contributed by atoms with Crippen LogP contribution < -0.4 is 10.6 Å². The number of rotatable bonds is 4. The van der Waals surface area contributed by atoms with Crippen molar-refractivity contribution in [2.24, 2.45) is 5.92 Å². The molecule has 2 aromatic rings. The Morgan fingerprint density at radius 3 is 2.88 bits per heavy atom. The number of aryl methyl sites for hydroxylation is 2. The molecule has 7 heteroatoms. The van der Waals surface area contributed by atoms with Crippen molar-refractivity contribution in [3.8, 4) is 0 Å². The molecule has 1 aliphatic heterocycles. The molecule has 3 rings (SSSR count). The van der Waals surface area contributed by atoms with Crippen molar-refractivity contribution in [2.45, 2.75) is 46.8 Å². The van der Waals surface area contributed by atoms with Gasteiger partial charge in [0.15, 0.2) is 11.4 Å². The average molecular weight is 341 g/mol. The average Bonchev–Trinajstić information content (AvgIpc) is 3.00. The summed E-state index contributed by atoms with van der Waals surface area (Å²) in [5, 5.41) is 13.7. The van der Waals surface area contributed by atoms with Gasteiger partial charge in [-0.25, -0.2) is 4.68 Å². The van der Waals surface area contributed by atoms with Gasteiger partial charge in [0.1, 0.15) is 0 Å². The third kappa shape index (κ3) is 3.40. The first kappa shape index (κ1) is 17.1. The highest BCUT2D eigenvalue weighted by Gasteiger charge is 2.32. The van der Waals surface area contributed by atoms with Crippen LogP contribution in [0.25, 0.3) is 0 Å². The van der Waals surface area contributed by atoms with Crippen LogP contribution in [-0.4, -0.2) is 32.9 Å². The van der Waals surface area contributed by atoms with Gasteiger partial charge in [-0.2, -0.15) is 0 Å². The molecule has 1 unspecified atom stereocenters. The van der Waals surface area contributed by atoms with Crippen LogP contribution in [0.4, 0.5) is 0 Å². The summed E-state index contributed by atoms with van der Waals surface area (Å²) in [4.78, 5) is 24.9. The van der Waals surface area contributed by atoms with Crippen LogP contribution in [0.2, 0.25) is 0 Å². The number of carbonyl (C=O) groups is 2. The zero-order valence-electron chi connectivity index (χ0n) is 15.0. The topological polar surface area (TPSA) is 88.9 Å². The Morgan fingerprint density at radius 2 is 2.16 bits per heavy atom. The molecule has 0 bridgehead atoms. The highest BCUT2D eigenvalue weighted by Crippen LogP contribution is 2.16. The molecule has 7 nitrogen and oxygen atoms in total. The molecule has 1 aromatic carbocycles. The number of benzene rings is 1. The van der Waals surface area contributed by atoms with Gasteiger partial charge >= 0.3 is 0 Å². The fraction of sp³-hybridized carbons (Fsp3) is 0.444. The molecule has 0 fully saturated rings. The van der Waals surface area contributed by atoms with Crippen molar-refractivity contribution in [2.75, 3.05) is 0 Å². The largest absolute Gasteiger partial charge is 0.346 e. The van der Waals surface area contributed by atoms with E-state index in [0.717, 1.165) is 16.7 Å². The number of nitrogens with one attached hydrogen (secondary N) is 2. The Balaban J connectivity index is 1.76. The molecule has 2 amide bonds. The van der Waals surface area contributed by atoms with Gasteiger partial charge in [0, 0.05) is 6.54 Å². The maximum absolute atomic E-state index is 12.5. The summed E-state index contributed by atoms with van der Waals surface area (Å²) in [6, 6.07) is 6.09. The third-order valence-electron chi connectivity index (χ3n) is 4.60. The monoisotopic (exact) mass is 341 g/mol. The Morgan fingerprint density at radius 1 is 1.40 bits per heavy atom. The molecule has 0 radical (unpaired) electrons. The zero-order valence-corrected chi connectivity index (χ0v) is 15.0. The second-order valence-electron chi connectivity index (χ2n) is 6.91. The van der Waals surface area contributed by atoms with Gasteiger partial charge in [-0.05, 0) is 30.9 Å². The lowest BCUT2D eigenvalue weighted by molar-refractivity contribution is 0.0861. The van der Waals surface area contributed by atoms with Gasteiger partial charge in [0.2, 0.25) is 0 Å². The van der Waals surface area contributed by atoms with Gasteiger partial charge in [-0.15, -0.1) is 5.10 Å². The van der Waals surface area contributed by atoms with Gasteiger partial charge < -0.3 is 10.6 Å². The highest BCUT2D eigenvalue weighted by molar-refractivity contribution is 6.05. The fourth-order valence-corrected chi connectivity index (χ4v) is 2.91. The fourth-order valence-electron chi connectivity index (χ4n) is 2.91. The molecule has 25 heavy (non-hydrogen) atoms. The lowest BCUT2D eigenvalue weighted by Crippen LogP contribution is -2.48. The number of hydrogen-bond acceptors (Lipinski definition) is 4. The van der Waals surface area contributed by atoms with E-state index in [-0.39, 0.29) is 35.2 Å². The van der Waals surface area contributed by atoms with Crippen LogP contribution in [-0.2, 0) is 13.1 Å². The van der Waals surface area contributed by atoms with Gasteiger partial charge in [0.25, 0.3) is 11.8 Å². The lowest BCUT2D eigenvalue weighted by Gasteiger charge is -2.27. The summed E-state index contributed by atoms with van der Waals surface area (Å²) in [6.45, 7) is 8.98. The molecule has 0 saturated heterocycles. The van der Waals surface area contributed by atoms with E-state index in [0.29, 0.717) is 13.1 Å². The molecule has 2 heterocycles. The molecular formula is C18H23N5O2. The van der Waals surface area contributed by atoms with E-state index in [4.69, 9.17) is 0 Å². The maximum atomic E-state index is 12.5. The van der Waals surface area contributed by atoms with E-state index in [1.165, 1.54) is 4.68 Å². The SMILES string of the molecule is Cc1ccc(C)c(CNC(=O)c2nnn3c2C(=O)NC(C(C)C)C3)c1. The first-order valence-electron chi connectivity index (χ1n) is 8.45. The summed E-state index contributed by atoms with van der Waals surface area (Å²) in [7, 11) is 0. The molecule has 1 atom stereocenters. The number of fused-ring (bicyclic) bond motifs is 1. The second-order valence-corrected chi connectivity index (χ2v) is 6.91. The minimum absolute atomic E-state index is 0.00689. The van der Waals surface area contributed by atoms with E-state index in [1.54, 1.807) is 0 Å². The number of nitrogens with zero attached hydrogens (tertiary/aromatic N) is 3. The van der Waals surface area contributed by atoms with Crippen molar-refractivity contribution in [1.29, 1.82) is 0 Å². The second kappa shape index (κ2) is 6.66. The highest BCUT2D eigenvalue weighted by atomic mass is 16.2. The van der Waals surface area contributed by atoms with Crippen LogP contribution in [0.3, 0.4) is 0 Å². The molecule has 1 aromatic heterocycles. The predicted molar refractivity (Wildman–Crippen MR) is 93.2 cm³/mol. The summed E-state index contributed by atoms with van der Waals surface area (Å²) in [6.07, 6.45) is 0. The smallest absolute Gasteiger partial charge is 0.274 e. The Bertz CT molecular complexity index is 825. The van der Waals surface area contributed by atoms with Crippen LogP contribution >= 0.6 is 0 Å². The number of carbonyl (C=O) groups excluding carboxylic acids is 2. The molecule has 0 spiro atoms. The van der Waals surface area contributed by atoms with E-state index in [9.17, 15) is 9.59 Å². The van der Waals surface area contributed by atoms with Gasteiger partial charge in [0.05, 0.1) is 12.6 Å². The summed E-state index contributed by atoms with van der Waals surface area (Å²) < 4.78 is 1.52. The third-order valence-corrected chi connectivity index (χ3v) is 4.60. The van der Waals surface area contributed by atoms with E-state index in [1.807, 2.05) is 45.9 Å².